The zero-order valence-electron chi connectivity index (χ0n) is 8.84. The van der Waals surface area contributed by atoms with Crippen LogP contribution in [0, 0.1) is 19.7 Å². The van der Waals surface area contributed by atoms with E-state index in [0.717, 1.165) is 11.1 Å². The van der Waals surface area contributed by atoms with Gasteiger partial charge in [-0.25, -0.2) is 4.39 Å². The Hall–Kier alpha value is -1.36. The molecule has 2 rings (SSSR count). The zero-order chi connectivity index (χ0) is 11.9. The topological polar surface area (TPSA) is 52.0 Å². The van der Waals surface area contributed by atoms with Crippen molar-refractivity contribution in [1.29, 1.82) is 0 Å². The Morgan fingerprint density at radius 2 is 2.06 bits per heavy atom. The molecule has 0 bridgehead atoms. The van der Waals surface area contributed by atoms with Gasteiger partial charge < -0.3 is 10.3 Å². The van der Waals surface area contributed by atoms with E-state index in [0.29, 0.717) is 15.8 Å². The van der Waals surface area contributed by atoms with Gasteiger partial charge in [-0.05, 0) is 47.0 Å². The molecule has 0 saturated carbocycles. The van der Waals surface area contributed by atoms with Gasteiger partial charge in [-0.2, -0.15) is 0 Å². The van der Waals surface area contributed by atoms with E-state index in [1.54, 1.807) is 6.07 Å². The van der Waals surface area contributed by atoms with Gasteiger partial charge in [-0.15, -0.1) is 0 Å². The molecular weight excluding hydrogens is 275 g/mol. The third-order valence-corrected chi connectivity index (χ3v) is 3.29. The van der Waals surface area contributed by atoms with Crippen molar-refractivity contribution in [2.45, 2.75) is 13.8 Å². The summed E-state index contributed by atoms with van der Waals surface area (Å²) in [6.45, 7) is 3.74. The second-order valence-electron chi connectivity index (χ2n) is 3.61. The third kappa shape index (κ3) is 1.71. The minimum atomic E-state index is -0.326. The van der Waals surface area contributed by atoms with Gasteiger partial charge in [0.05, 0.1) is 4.47 Å². The summed E-state index contributed by atoms with van der Waals surface area (Å²) in [6, 6.07) is 3.05. The minimum Gasteiger partial charge on any atom is -0.381 e. The maximum absolute atomic E-state index is 13.6. The molecule has 0 unspecified atom stereocenters. The number of benzene rings is 1. The molecule has 0 spiro atoms. The van der Waals surface area contributed by atoms with Crippen LogP contribution in [-0.2, 0) is 0 Å². The molecule has 3 nitrogen and oxygen atoms in total. The molecule has 16 heavy (non-hydrogen) atoms. The fourth-order valence-corrected chi connectivity index (χ4v) is 2.15. The summed E-state index contributed by atoms with van der Waals surface area (Å²) < 4.78 is 19.0. The fourth-order valence-electron chi connectivity index (χ4n) is 1.54. The molecule has 0 fully saturated rings. The molecule has 84 valence electrons. The van der Waals surface area contributed by atoms with Crippen molar-refractivity contribution in [3.63, 3.8) is 0 Å². The highest BCUT2D eigenvalue weighted by molar-refractivity contribution is 9.10. The van der Waals surface area contributed by atoms with E-state index in [1.165, 1.54) is 6.07 Å². The highest BCUT2D eigenvalue weighted by Gasteiger charge is 2.17. The predicted octanol–water partition coefficient (Wildman–Crippen LogP) is 3.44. The maximum atomic E-state index is 13.6. The van der Waals surface area contributed by atoms with Crippen LogP contribution in [0.3, 0.4) is 0 Å². The van der Waals surface area contributed by atoms with Crippen LogP contribution in [0.5, 0.6) is 0 Å². The second kappa shape index (κ2) is 3.90. The number of aromatic nitrogens is 1. The van der Waals surface area contributed by atoms with Gasteiger partial charge in [-0.3, -0.25) is 0 Å². The van der Waals surface area contributed by atoms with Crippen LogP contribution in [0.15, 0.2) is 21.1 Å². The van der Waals surface area contributed by atoms with E-state index in [4.69, 9.17) is 10.3 Å². The molecule has 1 aromatic heterocycles. The summed E-state index contributed by atoms with van der Waals surface area (Å²) in [6.07, 6.45) is 0. The Morgan fingerprint density at radius 3 is 2.62 bits per heavy atom. The van der Waals surface area contributed by atoms with Gasteiger partial charge in [0, 0.05) is 11.6 Å². The van der Waals surface area contributed by atoms with E-state index >= 15 is 0 Å². The van der Waals surface area contributed by atoms with Crippen molar-refractivity contribution in [1.82, 2.24) is 5.16 Å². The number of aryl methyl sites for hydroxylation is 1. The first-order valence-corrected chi connectivity index (χ1v) is 5.47. The lowest BCUT2D eigenvalue weighted by atomic mass is 10.0. The number of nitrogen functional groups attached to an aromatic ring is 1. The number of hydrogen-bond donors (Lipinski definition) is 1. The van der Waals surface area contributed by atoms with Crippen LogP contribution in [0.25, 0.3) is 11.3 Å². The summed E-state index contributed by atoms with van der Waals surface area (Å²) in [7, 11) is 0. The molecule has 0 aliphatic heterocycles. The van der Waals surface area contributed by atoms with Gasteiger partial charge in [0.25, 0.3) is 0 Å². The van der Waals surface area contributed by atoms with E-state index in [1.807, 2.05) is 13.8 Å². The largest absolute Gasteiger partial charge is 0.381 e. The first kappa shape index (κ1) is 11.1. The van der Waals surface area contributed by atoms with Gasteiger partial charge in [0.2, 0.25) is 0 Å². The molecule has 1 aromatic carbocycles. The van der Waals surface area contributed by atoms with Crippen molar-refractivity contribution in [3.05, 3.63) is 33.5 Å². The quantitative estimate of drug-likeness (QED) is 0.873. The maximum Gasteiger partial charge on any atom is 0.170 e. The molecular formula is C11H10BrFN2O. The van der Waals surface area contributed by atoms with Crippen LogP contribution in [-0.4, -0.2) is 5.16 Å². The molecule has 0 amide bonds. The SMILES string of the molecule is Cc1cc(F)c(Br)c(-c2cc(N)no2)c1C. The third-order valence-electron chi connectivity index (χ3n) is 2.51. The van der Waals surface area contributed by atoms with Crippen molar-refractivity contribution in [2.75, 3.05) is 5.73 Å². The summed E-state index contributed by atoms with van der Waals surface area (Å²) in [5.74, 6) is 0.417. The molecule has 0 aliphatic carbocycles. The average molecular weight is 285 g/mol. The van der Waals surface area contributed by atoms with Gasteiger partial charge >= 0.3 is 0 Å². The molecule has 0 atom stereocenters. The van der Waals surface area contributed by atoms with Crippen molar-refractivity contribution < 1.29 is 8.91 Å². The Labute approximate surface area is 101 Å². The lowest BCUT2D eigenvalue weighted by molar-refractivity contribution is 0.435. The number of nitrogens with two attached hydrogens (primary N) is 1. The lowest BCUT2D eigenvalue weighted by Gasteiger charge is -2.09. The molecule has 0 radical (unpaired) electrons. The molecule has 2 aromatic rings. The molecule has 2 N–H and O–H groups in total. The molecule has 0 saturated heterocycles. The van der Waals surface area contributed by atoms with Crippen LogP contribution in [0.4, 0.5) is 10.2 Å². The first-order valence-electron chi connectivity index (χ1n) is 4.68. The zero-order valence-corrected chi connectivity index (χ0v) is 10.4. The van der Waals surface area contributed by atoms with Crippen LogP contribution >= 0.6 is 15.9 Å². The summed E-state index contributed by atoms with van der Waals surface area (Å²) in [5, 5.41) is 3.59. The van der Waals surface area contributed by atoms with Crippen molar-refractivity contribution in [2.24, 2.45) is 0 Å². The fraction of sp³-hybridized carbons (Fsp3) is 0.182. The Kier molecular flexibility index (Phi) is 2.71. The predicted molar refractivity (Wildman–Crippen MR) is 63.5 cm³/mol. The van der Waals surface area contributed by atoms with Crippen LogP contribution in [0.1, 0.15) is 11.1 Å². The van der Waals surface area contributed by atoms with Crippen LogP contribution < -0.4 is 5.73 Å². The molecule has 1 heterocycles. The normalized spacial score (nSPS) is 10.8. The standard InChI is InChI=1S/C11H10BrFN2O/c1-5-3-7(13)11(12)10(6(5)2)8-4-9(14)15-16-8/h3-4H,1-2H3,(H2,14,15). The minimum absolute atomic E-state index is 0.281. The lowest BCUT2D eigenvalue weighted by Crippen LogP contribution is -1.92. The Morgan fingerprint density at radius 1 is 1.38 bits per heavy atom. The van der Waals surface area contributed by atoms with E-state index in [2.05, 4.69) is 21.1 Å². The second-order valence-corrected chi connectivity index (χ2v) is 4.40. The highest BCUT2D eigenvalue weighted by atomic mass is 79.9. The van der Waals surface area contributed by atoms with Gasteiger partial charge in [0.1, 0.15) is 5.82 Å². The number of rotatable bonds is 1. The Balaban J connectivity index is 2.73. The van der Waals surface area contributed by atoms with Gasteiger partial charge in [0.15, 0.2) is 11.6 Å². The van der Waals surface area contributed by atoms with Crippen LogP contribution in [0.2, 0.25) is 0 Å². The van der Waals surface area contributed by atoms with E-state index in [-0.39, 0.29) is 11.6 Å². The number of halogens is 2. The van der Waals surface area contributed by atoms with Gasteiger partial charge in [-0.1, -0.05) is 5.16 Å². The number of hydrogen-bond acceptors (Lipinski definition) is 3. The average Bonchev–Trinajstić information content (AvgIpc) is 2.62. The smallest absolute Gasteiger partial charge is 0.170 e. The summed E-state index contributed by atoms with van der Waals surface area (Å²) in [4.78, 5) is 0. The highest BCUT2D eigenvalue weighted by Crippen LogP contribution is 2.35. The summed E-state index contributed by atoms with van der Waals surface area (Å²) >= 11 is 3.21. The number of anilines is 1. The Bertz CT molecular complexity index is 525. The van der Waals surface area contributed by atoms with Crippen molar-refractivity contribution in [3.8, 4) is 11.3 Å². The summed E-state index contributed by atoms with van der Waals surface area (Å²) in [5.41, 5.74) is 7.92. The molecule has 5 heteroatoms. The van der Waals surface area contributed by atoms with Crippen molar-refractivity contribution >= 4 is 21.7 Å². The first-order chi connectivity index (χ1) is 7.50. The monoisotopic (exact) mass is 284 g/mol. The molecule has 0 aliphatic rings. The number of nitrogens with zero attached hydrogens (tertiary/aromatic N) is 1. The van der Waals surface area contributed by atoms with E-state index in [9.17, 15) is 4.39 Å². The van der Waals surface area contributed by atoms with E-state index < -0.39 is 0 Å².